The highest BCUT2D eigenvalue weighted by Crippen LogP contribution is 2.25. The number of anilines is 1. The number of methoxy groups -OCH3 is 1. The molecule has 0 aliphatic carbocycles. The third-order valence-corrected chi connectivity index (χ3v) is 4.96. The van der Waals surface area contributed by atoms with Gasteiger partial charge in [-0.3, -0.25) is 4.90 Å². The highest BCUT2D eigenvalue weighted by molar-refractivity contribution is 5.67. The minimum Gasteiger partial charge on any atom is -0.497 e. The molecule has 0 radical (unpaired) electrons. The molecule has 7 nitrogen and oxygen atoms in total. The summed E-state index contributed by atoms with van der Waals surface area (Å²) >= 11 is 0. The Labute approximate surface area is 158 Å². The Balaban J connectivity index is 1.57. The van der Waals surface area contributed by atoms with Gasteiger partial charge in [-0.25, -0.2) is 9.50 Å². The topological polar surface area (TPSA) is 63.9 Å². The predicted molar refractivity (Wildman–Crippen MR) is 104 cm³/mol. The van der Waals surface area contributed by atoms with Crippen LogP contribution in [0.15, 0.2) is 42.7 Å². The summed E-state index contributed by atoms with van der Waals surface area (Å²) in [7, 11) is 1.69. The molecule has 0 spiro atoms. The third kappa shape index (κ3) is 3.89. The number of hydrogen-bond donors (Lipinski definition) is 1. The minimum atomic E-state index is 0.228. The molecular weight excluding hydrogens is 342 g/mol. The van der Waals surface area contributed by atoms with Crippen LogP contribution < -0.4 is 10.1 Å². The maximum Gasteiger partial charge on any atom is 0.152 e. The van der Waals surface area contributed by atoms with E-state index in [9.17, 15) is 0 Å². The first-order valence-corrected chi connectivity index (χ1v) is 9.25. The van der Waals surface area contributed by atoms with Crippen molar-refractivity contribution in [3.8, 4) is 5.75 Å². The van der Waals surface area contributed by atoms with E-state index in [0.717, 1.165) is 55.6 Å². The van der Waals surface area contributed by atoms with Crippen molar-refractivity contribution in [1.29, 1.82) is 0 Å². The molecule has 1 aromatic carbocycles. The van der Waals surface area contributed by atoms with E-state index in [-0.39, 0.29) is 6.04 Å². The van der Waals surface area contributed by atoms with Gasteiger partial charge in [-0.1, -0.05) is 12.1 Å². The van der Waals surface area contributed by atoms with E-state index < -0.39 is 0 Å². The van der Waals surface area contributed by atoms with E-state index in [0.29, 0.717) is 0 Å². The molecule has 1 aliphatic rings. The van der Waals surface area contributed by atoms with Gasteiger partial charge in [0, 0.05) is 32.0 Å². The molecule has 1 saturated heterocycles. The van der Waals surface area contributed by atoms with Crippen molar-refractivity contribution in [1.82, 2.24) is 19.5 Å². The molecule has 142 valence electrons. The molecule has 3 aromatic rings. The second-order valence-electron chi connectivity index (χ2n) is 6.71. The van der Waals surface area contributed by atoms with Gasteiger partial charge in [-0.2, -0.15) is 5.10 Å². The summed E-state index contributed by atoms with van der Waals surface area (Å²) in [6.07, 6.45) is 3.65. The summed E-state index contributed by atoms with van der Waals surface area (Å²) in [5.41, 5.74) is 3.22. The molecule has 1 atom stereocenters. The zero-order chi connectivity index (χ0) is 18.6. The fraction of sp³-hybridized carbons (Fsp3) is 0.400. The van der Waals surface area contributed by atoms with Crippen LogP contribution in [0.3, 0.4) is 0 Å². The maximum atomic E-state index is 5.54. The zero-order valence-corrected chi connectivity index (χ0v) is 15.8. The van der Waals surface area contributed by atoms with Gasteiger partial charge < -0.3 is 14.8 Å². The van der Waals surface area contributed by atoms with Crippen LogP contribution in [0.1, 0.15) is 17.3 Å². The molecule has 3 heterocycles. The molecule has 0 amide bonds. The fourth-order valence-corrected chi connectivity index (χ4v) is 3.55. The minimum absolute atomic E-state index is 0.228. The van der Waals surface area contributed by atoms with E-state index in [1.807, 2.05) is 35.8 Å². The largest absolute Gasteiger partial charge is 0.497 e. The molecule has 0 saturated carbocycles. The number of nitrogens with zero attached hydrogens (tertiary/aromatic N) is 4. The standard InChI is InChI=1S/C20H25N5O2/c1-15-13-18-20(21-7-8-25(18)23-15)22-14-19(24-9-11-27-12-10-24)16-3-5-17(26-2)6-4-16/h3-8,13,19H,9-12,14H2,1-2H3,(H,21,22). The highest BCUT2D eigenvalue weighted by Gasteiger charge is 2.23. The van der Waals surface area contributed by atoms with Crippen LogP contribution in [0.5, 0.6) is 5.75 Å². The second-order valence-corrected chi connectivity index (χ2v) is 6.71. The van der Waals surface area contributed by atoms with Crippen molar-refractivity contribution in [2.45, 2.75) is 13.0 Å². The summed E-state index contributed by atoms with van der Waals surface area (Å²) in [6, 6.07) is 10.6. The smallest absolute Gasteiger partial charge is 0.152 e. The molecular formula is C20H25N5O2. The number of aryl methyl sites for hydroxylation is 1. The van der Waals surface area contributed by atoms with Gasteiger partial charge in [0.05, 0.1) is 32.1 Å². The molecule has 2 aromatic heterocycles. The van der Waals surface area contributed by atoms with Gasteiger partial charge in [0.1, 0.15) is 11.3 Å². The van der Waals surface area contributed by atoms with Crippen LogP contribution in [0, 0.1) is 6.92 Å². The van der Waals surface area contributed by atoms with E-state index in [4.69, 9.17) is 9.47 Å². The Morgan fingerprint density at radius 1 is 1.22 bits per heavy atom. The van der Waals surface area contributed by atoms with Crippen LogP contribution in [-0.4, -0.2) is 59.5 Å². The van der Waals surface area contributed by atoms with Crippen LogP contribution >= 0.6 is 0 Å². The van der Waals surface area contributed by atoms with Gasteiger partial charge in [-0.05, 0) is 30.7 Å². The quantitative estimate of drug-likeness (QED) is 0.722. The molecule has 4 rings (SSSR count). The molecule has 0 bridgehead atoms. The van der Waals surface area contributed by atoms with Crippen molar-refractivity contribution < 1.29 is 9.47 Å². The zero-order valence-electron chi connectivity index (χ0n) is 15.8. The van der Waals surface area contributed by atoms with Crippen molar-refractivity contribution in [3.05, 3.63) is 54.0 Å². The summed E-state index contributed by atoms with van der Waals surface area (Å²) < 4.78 is 12.7. The van der Waals surface area contributed by atoms with Crippen LogP contribution in [-0.2, 0) is 4.74 Å². The van der Waals surface area contributed by atoms with E-state index >= 15 is 0 Å². The third-order valence-electron chi connectivity index (χ3n) is 4.96. The first kappa shape index (κ1) is 17.8. The van der Waals surface area contributed by atoms with Gasteiger partial charge in [0.2, 0.25) is 0 Å². The lowest BCUT2D eigenvalue weighted by Gasteiger charge is -2.35. The number of fused-ring (bicyclic) bond motifs is 1. The molecule has 1 N–H and O–H groups in total. The van der Waals surface area contributed by atoms with Crippen LogP contribution in [0.2, 0.25) is 0 Å². The Morgan fingerprint density at radius 3 is 2.74 bits per heavy atom. The highest BCUT2D eigenvalue weighted by atomic mass is 16.5. The Hall–Kier alpha value is -2.64. The fourth-order valence-electron chi connectivity index (χ4n) is 3.55. The van der Waals surface area contributed by atoms with Crippen molar-refractivity contribution in [3.63, 3.8) is 0 Å². The van der Waals surface area contributed by atoms with Crippen molar-refractivity contribution in [2.75, 3.05) is 45.3 Å². The van der Waals surface area contributed by atoms with E-state index in [1.54, 1.807) is 13.3 Å². The lowest BCUT2D eigenvalue weighted by atomic mass is 10.0. The number of morpholine rings is 1. The average molecular weight is 367 g/mol. The summed E-state index contributed by atoms with van der Waals surface area (Å²) in [6.45, 7) is 6.11. The number of rotatable bonds is 6. The summed E-state index contributed by atoms with van der Waals surface area (Å²) in [4.78, 5) is 6.98. The molecule has 1 fully saturated rings. The van der Waals surface area contributed by atoms with Gasteiger partial charge in [-0.15, -0.1) is 0 Å². The Bertz CT molecular complexity index is 887. The summed E-state index contributed by atoms with van der Waals surface area (Å²) in [5, 5.41) is 8.00. The number of nitrogens with one attached hydrogen (secondary N) is 1. The van der Waals surface area contributed by atoms with Gasteiger partial charge in [0.25, 0.3) is 0 Å². The van der Waals surface area contributed by atoms with Crippen LogP contribution in [0.25, 0.3) is 5.52 Å². The summed E-state index contributed by atoms with van der Waals surface area (Å²) in [5.74, 6) is 1.72. The lowest BCUT2D eigenvalue weighted by molar-refractivity contribution is 0.0187. The molecule has 1 aliphatic heterocycles. The lowest BCUT2D eigenvalue weighted by Crippen LogP contribution is -2.41. The average Bonchev–Trinajstić information content (AvgIpc) is 3.10. The second kappa shape index (κ2) is 7.94. The van der Waals surface area contributed by atoms with Gasteiger partial charge in [0.15, 0.2) is 5.82 Å². The van der Waals surface area contributed by atoms with Gasteiger partial charge >= 0.3 is 0 Å². The number of aromatic nitrogens is 3. The molecule has 27 heavy (non-hydrogen) atoms. The first-order chi connectivity index (χ1) is 13.2. The maximum absolute atomic E-state index is 5.54. The normalized spacial score (nSPS) is 16.4. The molecule has 1 unspecified atom stereocenters. The van der Waals surface area contributed by atoms with E-state index in [1.165, 1.54) is 5.56 Å². The number of ether oxygens (including phenoxy) is 2. The van der Waals surface area contributed by atoms with Crippen LogP contribution in [0.4, 0.5) is 5.82 Å². The SMILES string of the molecule is COc1ccc(C(CNc2nccn3nc(C)cc23)N2CCOCC2)cc1. The molecule has 7 heteroatoms. The number of hydrogen-bond acceptors (Lipinski definition) is 6. The monoisotopic (exact) mass is 367 g/mol. The van der Waals surface area contributed by atoms with Crippen molar-refractivity contribution >= 4 is 11.3 Å². The van der Waals surface area contributed by atoms with Crippen molar-refractivity contribution in [2.24, 2.45) is 0 Å². The predicted octanol–water partition coefficient (Wildman–Crippen LogP) is 2.53. The van der Waals surface area contributed by atoms with E-state index in [2.05, 4.69) is 32.4 Å². The Kier molecular flexibility index (Phi) is 5.22. The first-order valence-electron chi connectivity index (χ1n) is 9.25. The Morgan fingerprint density at radius 2 is 2.00 bits per heavy atom. The number of benzene rings is 1.